The molecule has 1 aromatic carbocycles. The molecule has 0 spiro atoms. The van der Waals surface area contributed by atoms with Crippen LogP contribution in [0.15, 0.2) is 24.3 Å². The fourth-order valence-electron chi connectivity index (χ4n) is 2.85. The number of nitrogens with two attached hydrogens (primary N) is 1. The van der Waals surface area contributed by atoms with Crippen LogP contribution >= 0.6 is 12.4 Å². The van der Waals surface area contributed by atoms with E-state index in [2.05, 4.69) is 12.2 Å². The van der Waals surface area contributed by atoms with Gasteiger partial charge in [0.25, 0.3) is 0 Å². The van der Waals surface area contributed by atoms with E-state index in [4.69, 9.17) is 10.5 Å². The van der Waals surface area contributed by atoms with Crippen molar-refractivity contribution in [3.63, 3.8) is 0 Å². The van der Waals surface area contributed by atoms with Gasteiger partial charge in [-0.25, -0.2) is 0 Å². The largest absolute Gasteiger partial charge is 0.494 e. The molecule has 1 saturated carbocycles. The van der Waals surface area contributed by atoms with Crippen LogP contribution in [0, 0.1) is 0 Å². The van der Waals surface area contributed by atoms with Gasteiger partial charge in [-0.2, -0.15) is 0 Å². The van der Waals surface area contributed by atoms with Crippen LogP contribution < -0.4 is 15.8 Å². The van der Waals surface area contributed by atoms with Gasteiger partial charge in [-0.1, -0.05) is 44.7 Å². The second-order valence-corrected chi connectivity index (χ2v) is 6.25. The van der Waals surface area contributed by atoms with Crippen LogP contribution in [0.3, 0.4) is 0 Å². The third-order valence-corrected chi connectivity index (χ3v) is 4.32. The Balaban J connectivity index is 0.00000264. The molecular weight excluding hydrogens is 312 g/mol. The second-order valence-electron chi connectivity index (χ2n) is 6.25. The Labute approximate surface area is 145 Å². The molecule has 3 N–H and O–H groups in total. The van der Waals surface area contributed by atoms with Crippen LogP contribution in [-0.4, -0.2) is 18.1 Å². The van der Waals surface area contributed by atoms with E-state index in [1.54, 1.807) is 0 Å². The molecular formula is C18H29ClN2O2. The van der Waals surface area contributed by atoms with E-state index < -0.39 is 5.54 Å². The number of rotatable bonds is 7. The van der Waals surface area contributed by atoms with Crippen molar-refractivity contribution in [2.45, 2.75) is 64.0 Å². The van der Waals surface area contributed by atoms with Gasteiger partial charge in [0.1, 0.15) is 5.75 Å². The number of benzene rings is 1. The fraction of sp³-hybridized carbons (Fsp3) is 0.611. The molecule has 0 bridgehead atoms. The Morgan fingerprint density at radius 1 is 1.30 bits per heavy atom. The Morgan fingerprint density at radius 3 is 2.74 bits per heavy atom. The molecule has 130 valence electrons. The highest BCUT2D eigenvalue weighted by atomic mass is 35.5. The van der Waals surface area contributed by atoms with E-state index in [1.165, 1.54) is 6.42 Å². The SMILES string of the molecule is CCCCOc1cccc(CNC(=O)C2(N)CCCCC2)c1.Cl. The van der Waals surface area contributed by atoms with E-state index in [-0.39, 0.29) is 18.3 Å². The van der Waals surface area contributed by atoms with E-state index >= 15 is 0 Å². The van der Waals surface area contributed by atoms with E-state index in [0.29, 0.717) is 6.54 Å². The highest BCUT2D eigenvalue weighted by Gasteiger charge is 2.34. The van der Waals surface area contributed by atoms with Gasteiger partial charge in [-0.3, -0.25) is 4.79 Å². The van der Waals surface area contributed by atoms with Crippen LogP contribution in [-0.2, 0) is 11.3 Å². The van der Waals surface area contributed by atoms with Crippen LogP contribution in [0.2, 0.25) is 0 Å². The number of halogens is 1. The number of hydrogen-bond acceptors (Lipinski definition) is 3. The Bertz CT molecular complexity index is 488. The van der Waals surface area contributed by atoms with Gasteiger partial charge in [0.15, 0.2) is 0 Å². The fourth-order valence-corrected chi connectivity index (χ4v) is 2.85. The van der Waals surface area contributed by atoms with Crippen LogP contribution in [0.5, 0.6) is 5.75 Å². The predicted molar refractivity (Wildman–Crippen MR) is 95.9 cm³/mol. The summed E-state index contributed by atoms with van der Waals surface area (Å²) in [5.74, 6) is 0.838. The molecule has 2 rings (SSSR count). The van der Waals surface area contributed by atoms with Crippen molar-refractivity contribution >= 4 is 18.3 Å². The zero-order valence-electron chi connectivity index (χ0n) is 14.0. The van der Waals surface area contributed by atoms with Crippen molar-refractivity contribution in [2.75, 3.05) is 6.61 Å². The number of ether oxygens (including phenoxy) is 1. The molecule has 23 heavy (non-hydrogen) atoms. The maximum atomic E-state index is 12.3. The lowest BCUT2D eigenvalue weighted by atomic mass is 9.82. The van der Waals surface area contributed by atoms with Crippen LogP contribution in [0.25, 0.3) is 0 Å². The van der Waals surface area contributed by atoms with Gasteiger partial charge in [0.05, 0.1) is 12.1 Å². The smallest absolute Gasteiger partial charge is 0.240 e. The predicted octanol–water partition coefficient (Wildman–Crippen LogP) is 3.57. The first-order valence-corrected chi connectivity index (χ1v) is 8.43. The molecule has 5 heteroatoms. The van der Waals surface area contributed by atoms with E-state index in [1.807, 2.05) is 24.3 Å². The summed E-state index contributed by atoms with van der Waals surface area (Å²) in [5.41, 5.74) is 6.61. The summed E-state index contributed by atoms with van der Waals surface area (Å²) in [7, 11) is 0. The molecule has 1 aliphatic rings. The minimum Gasteiger partial charge on any atom is -0.494 e. The molecule has 4 nitrogen and oxygen atoms in total. The number of hydrogen-bond donors (Lipinski definition) is 2. The van der Waals surface area contributed by atoms with Gasteiger partial charge in [0, 0.05) is 6.54 Å². The Hall–Kier alpha value is -1.26. The minimum absolute atomic E-state index is 0. The number of nitrogens with one attached hydrogen (secondary N) is 1. The van der Waals surface area contributed by atoms with Gasteiger partial charge in [-0.15, -0.1) is 12.4 Å². The molecule has 0 saturated heterocycles. The highest BCUT2D eigenvalue weighted by Crippen LogP contribution is 2.26. The summed E-state index contributed by atoms with van der Waals surface area (Å²) in [6, 6.07) is 7.89. The zero-order chi connectivity index (χ0) is 15.8. The summed E-state index contributed by atoms with van der Waals surface area (Å²) in [6.07, 6.45) is 7.03. The first-order valence-electron chi connectivity index (χ1n) is 8.43. The highest BCUT2D eigenvalue weighted by molar-refractivity contribution is 5.86. The van der Waals surface area contributed by atoms with Crippen molar-refractivity contribution in [1.29, 1.82) is 0 Å². The van der Waals surface area contributed by atoms with Gasteiger partial charge >= 0.3 is 0 Å². The average molecular weight is 341 g/mol. The average Bonchev–Trinajstić information content (AvgIpc) is 2.54. The van der Waals surface area contributed by atoms with Crippen molar-refractivity contribution in [1.82, 2.24) is 5.32 Å². The van der Waals surface area contributed by atoms with E-state index in [0.717, 1.165) is 56.4 Å². The summed E-state index contributed by atoms with van der Waals surface area (Å²) in [4.78, 5) is 12.3. The van der Waals surface area contributed by atoms with Crippen LogP contribution in [0.4, 0.5) is 0 Å². The molecule has 1 amide bonds. The molecule has 0 atom stereocenters. The number of carbonyl (C=O) groups excluding carboxylic acids is 1. The molecule has 0 aliphatic heterocycles. The maximum Gasteiger partial charge on any atom is 0.240 e. The number of amides is 1. The first kappa shape index (κ1) is 19.8. The van der Waals surface area contributed by atoms with Crippen molar-refractivity contribution in [3.05, 3.63) is 29.8 Å². The molecule has 0 aromatic heterocycles. The summed E-state index contributed by atoms with van der Waals surface area (Å²) >= 11 is 0. The summed E-state index contributed by atoms with van der Waals surface area (Å²) in [5, 5.41) is 2.98. The van der Waals surface area contributed by atoms with Crippen molar-refractivity contribution < 1.29 is 9.53 Å². The maximum absolute atomic E-state index is 12.3. The Kier molecular flexibility index (Phi) is 8.42. The van der Waals surface area contributed by atoms with Gasteiger partial charge < -0.3 is 15.8 Å². The Morgan fingerprint density at radius 2 is 2.04 bits per heavy atom. The van der Waals surface area contributed by atoms with Gasteiger partial charge in [-0.05, 0) is 37.0 Å². The molecule has 0 heterocycles. The summed E-state index contributed by atoms with van der Waals surface area (Å²) in [6.45, 7) is 3.38. The van der Waals surface area contributed by atoms with Crippen LogP contribution in [0.1, 0.15) is 57.4 Å². The van der Waals surface area contributed by atoms with Crippen molar-refractivity contribution in [3.8, 4) is 5.75 Å². The molecule has 0 unspecified atom stereocenters. The van der Waals surface area contributed by atoms with Gasteiger partial charge in [0.2, 0.25) is 5.91 Å². The van der Waals surface area contributed by atoms with Crippen molar-refractivity contribution in [2.24, 2.45) is 5.73 Å². The number of unbranched alkanes of at least 4 members (excludes halogenated alkanes) is 1. The standard InChI is InChI=1S/C18H28N2O2.ClH/c1-2-3-12-22-16-9-7-8-15(13-16)14-20-17(21)18(19)10-5-4-6-11-18;/h7-9,13H,2-6,10-12,14,19H2,1H3,(H,20,21);1H. The lowest BCUT2D eigenvalue weighted by molar-refractivity contribution is -0.127. The topological polar surface area (TPSA) is 64.3 Å². The summed E-state index contributed by atoms with van der Waals surface area (Å²) < 4.78 is 5.69. The second kappa shape index (κ2) is 9.78. The third kappa shape index (κ3) is 6.04. The lowest BCUT2D eigenvalue weighted by Gasteiger charge is -2.31. The third-order valence-electron chi connectivity index (χ3n) is 4.32. The molecule has 0 radical (unpaired) electrons. The quantitative estimate of drug-likeness (QED) is 0.746. The normalized spacial score (nSPS) is 16.3. The molecule has 1 aliphatic carbocycles. The molecule has 1 aromatic rings. The molecule has 1 fully saturated rings. The number of carbonyl (C=O) groups is 1. The first-order chi connectivity index (χ1) is 10.6. The minimum atomic E-state index is -0.673. The monoisotopic (exact) mass is 340 g/mol. The lowest BCUT2D eigenvalue weighted by Crippen LogP contribution is -2.54. The zero-order valence-corrected chi connectivity index (χ0v) is 14.8. The van der Waals surface area contributed by atoms with E-state index in [9.17, 15) is 4.79 Å².